The van der Waals surface area contributed by atoms with E-state index in [1.165, 1.54) is 6.08 Å². The summed E-state index contributed by atoms with van der Waals surface area (Å²) >= 11 is 0. The van der Waals surface area contributed by atoms with Crippen LogP contribution in [-0.2, 0) is 20.7 Å². The average Bonchev–Trinajstić information content (AvgIpc) is 3.08. The molecule has 128 valence electrons. The normalized spacial score (nSPS) is 19.0. The first-order chi connectivity index (χ1) is 11.7. The molecule has 1 aromatic carbocycles. The van der Waals surface area contributed by atoms with E-state index in [9.17, 15) is 9.59 Å². The highest BCUT2D eigenvalue weighted by molar-refractivity contribution is 5.88. The maximum absolute atomic E-state index is 12.2. The number of hydrogen-bond donors (Lipinski definition) is 1. The van der Waals surface area contributed by atoms with Gasteiger partial charge in [0.05, 0.1) is 13.2 Å². The van der Waals surface area contributed by atoms with E-state index < -0.39 is 6.10 Å². The Morgan fingerprint density at radius 3 is 3.00 bits per heavy atom. The van der Waals surface area contributed by atoms with Gasteiger partial charge in [0.15, 0.2) is 17.6 Å². The van der Waals surface area contributed by atoms with Crippen molar-refractivity contribution in [3.63, 3.8) is 0 Å². The molecule has 2 aliphatic heterocycles. The molecule has 3 rings (SSSR count). The fourth-order valence-electron chi connectivity index (χ4n) is 2.68. The van der Waals surface area contributed by atoms with E-state index in [-0.39, 0.29) is 25.2 Å². The summed E-state index contributed by atoms with van der Waals surface area (Å²) < 4.78 is 16.0. The van der Waals surface area contributed by atoms with Gasteiger partial charge in [-0.25, -0.2) is 0 Å². The van der Waals surface area contributed by atoms with Gasteiger partial charge < -0.3 is 24.4 Å². The van der Waals surface area contributed by atoms with Gasteiger partial charge in [0.2, 0.25) is 12.7 Å². The number of carbonyl (C=O) groups is 2. The smallest absolute Gasteiger partial charge is 0.251 e. The van der Waals surface area contributed by atoms with Crippen LogP contribution in [0.15, 0.2) is 30.9 Å². The summed E-state index contributed by atoms with van der Waals surface area (Å²) in [6.45, 7) is 5.26. The number of carbonyl (C=O) groups excluding carboxylic acids is 2. The van der Waals surface area contributed by atoms with Crippen molar-refractivity contribution in [1.29, 1.82) is 0 Å². The molecule has 7 heteroatoms. The van der Waals surface area contributed by atoms with Crippen molar-refractivity contribution in [3.8, 4) is 11.5 Å². The molecular formula is C17H20N2O5. The lowest BCUT2D eigenvalue weighted by Crippen LogP contribution is -2.51. The zero-order valence-electron chi connectivity index (χ0n) is 13.3. The summed E-state index contributed by atoms with van der Waals surface area (Å²) in [4.78, 5) is 25.4. The van der Waals surface area contributed by atoms with Gasteiger partial charge in [0.1, 0.15) is 0 Å². The van der Waals surface area contributed by atoms with Crippen molar-refractivity contribution in [3.05, 3.63) is 36.4 Å². The SMILES string of the molecule is C=CC(=O)N1CCO[C@@H](C(=O)NCCc2ccc3c(c2)OCO3)C1. The van der Waals surface area contributed by atoms with Crippen LogP contribution in [0, 0.1) is 0 Å². The number of amides is 2. The van der Waals surface area contributed by atoms with Gasteiger partial charge in [0, 0.05) is 13.1 Å². The lowest BCUT2D eigenvalue weighted by atomic mass is 10.1. The lowest BCUT2D eigenvalue weighted by molar-refractivity contribution is -0.144. The largest absolute Gasteiger partial charge is 0.454 e. The van der Waals surface area contributed by atoms with Crippen LogP contribution in [-0.4, -0.2) is 55.9 Å². The number of nitrogens with one attached hydrogen (secondary N) is 1. The quantitative estimate of drug-likeness (QED) is 0.794. The molecule has 2 heterocycles. The Kier molecular flexibility index (Phi) is 5.00. The minimum absolute atomic E-state index is 0.184. The number of benzene rings is 1. The fraction of sp³-hybridized carbons (Fsp3) is 0.412. The number of rotatable bonds is 5. The maximum Gasteiger partial charge on any atom is 0.251 e. The minimum atomic E-state index is -0.639. The molecule has 0 aliphatic carbocycles. The van der Waals surface area contributed by atoms with Gasteiger partial charge in [-0.15, -0.1) is 0 Å². The predicted octanol–water partition coefficient (Wildman–Crippen LogP) is 0.487. The van der Waals surface area contributed by atoms with E-state index in [0.29, 0.717) is 26.1 Å². The Balaban J connectivity index is 1.47. The Hall–Kier alpha value is -2.54. The summed E-state index contributed by atoms with van der Waals surface area (Å²) in [5.74, 6) is 1.08. The second kappa shape index (κ2) is 7.35. The summed E-state index contributed by atoms with van der Waals surface area (Å²) in [7, 11) is 0. The third-order valence-electron chi connectivity index (χ3n) is 4.00. The maximum atomic E-state index is 12.2. The van der Waals surface area contributed by atoms with E-state index >= 15 is 0 Å². The molecule has 0 saturated carbocycles. The number of ether oxygens (including phenoxy) is 3. The van der Waals surface area contributed by atoms with Gasteiger partial charge in [-0.2, -0.15) is 0 Å². The monoisotopic (exact) mass is 332 g/mol. The molecule has 1 saturated heterocycles. The zero-order valence-corrected chi connectivity index (χ0v) is 13.3. The molecule has 0 aromatic heterocycles. The van der Waals surface area contributed by atoms with Crippen LogP contribution < -0.4 is 14.8 Å². The van der Waals surface area contributed by atoms with E-state index in [0.717, 1.165) is 17.1 Å². The second-order valence-electron chi connectivity index (χ2n) is 5.58. The summed E-state index contributed by atoms with van der Waals surface area (Å²) in [5.41, 5.74) is 1.05. The number of nitrogens with zero attached hydrogens (tertiary/aromatic N) is 1. The van der Waals surface area contributed by atoms with Crippen molar-refractivity contribution < 1.29 is 23.8 Å². The summed E-state index contributed by atoms with van der Waals surface area (Å²) in [6.07, 6.45) is 1.28. The van der Waals surface area contributed by atoms with Crippen molar-refractivity contribution in [2.45, 2.75) is 12.5 Å². The highest BCUT2D eigenvalue weighted by Gasteiger charge is 2.28. The third-order valence-corrected chi connectivity index (χ3v) is 4.00. The van der Waals surface area contributed by atoms with E-state index in [4.69, 9.17) is 14.2 Å². The standard InChI is InChI=1S/C17H20N2O5/c1-2-16(20)19-7-8-22-15(10-19)17(21)18-6-5-12-3-4-13-14(9-12)24-11-23-13/h2-4,9,15H,1,5-8,10-11H2,(H,18,21)/t15-/m1/s1. The first-order valence-electron chi connectivity index (χ1n) is 7.86. The summed E-state index contributed by atoms with van der Waals surface area (Å²) in [6, 6.07) is 5.72. The second-order valence-corrected chi connectivity index (χ2v) is 5.58. The van der Waals surface area contributed by atoms with Crippen LogP contribution in [0.4, 0.5) is 0 Å². The van der Waals surface area contributed by atoms with E-state index in [1.54, 1.807) is 4.90 Å². The molecule has 0 radical (unpaired) electrons. The van der Waals surface area contributed by atoms with Crippen LogP contribution in [0.2, 0.25) is 0 Å². The first-order valence-corrected chi connectivity index (χ1v) is 7.86. The number of hydrogen-bond acceptors (Lipinski definition) is 5. The van der Waals surface area contributed by atoms with Crippen LogP contribution in [0.3, 0.4) is 0 Å². The van der Waals surface area contributed by atoms with Crippen LogP contribution in [0.25, 0.3) is 0 Å². The number of morpholine rings is 1. The third kappa shape index (κ3) is 3.68. The van der Waals surface area contributed by atoms with Gasteiger partial charge in [0.25, 0.3) is 5.91 Å². The lowest BCUT2D eigenvalue weighted by Gasteiger charge is -2.31. The van der Waals surface area contributed by atoms with E-state index in [2.05, 4.69) is 11.9 Å². The van der Waals surface area contributed by atoms with Crippen molar-refractivity contribution in [2.24, 2.45) is 0 Å². The molecule has 1 atom stereocenters. The first kappa shape index (κ1) is 16.3. The minimum Gasteiger partial charge on any atom is -0.454 e. The molecule has 1 fully saturated rings. The molecule has 7 nitrogen and oxygen atoms in total. The molecule has 0 unspecified atom stereocenters. The van der Waals surface area contributed by atoms with Crippen molar-refractivity contribution in [1.82, 2.24) is 10.2 Å². The molecular weight excluding hydrogens is 312 g/mol. The molecule has 1 N–H and O–H groups in total. The van der Waals surface area contributed by atoms with Gasteiger partial charge in [-0.1, -0.05) is 12.6 Å². The fourth-order valence-corrected chi connectivity index (χ4v) is 2.68. The molecule has 2 aliphatic rings. The highest BCUT2D eigenvalue weighted by Crippen LogP contribution is 2.32. The zero-order chi connectivity index (χ0) is 16.9. The van der Waals surface area contributed by atoms with Gasteiger partial charge in [-0.3, -0.25) is 9.59 Å². The van der Waals surface area contributed by atoms with Crippen molar-refractivity contribution in [2.75, 3.05) is 33.0 Å². The average molecular weight is 332 g/mol. The van der Waals surface area contributed by atoms with Crippen molar-refractivity contribution >= 4 is 11.8 Å². The van der Waals surface area contributed by atoms with Gasteiger partial charge in [-0.05, 0) is 30.2 Å². The van der Waals surface area contributed by atoms with Crippen LogP contribution in [0.1, 0.15) is 5.56 Å². The Morgan fingerprint density at radius 1 is 1.33 bits per heavy atom. The number of fused-ring (bicyclic) bond motifs is 1. The van der Waals surface area contributed by atoms with Crippen LogP contribution >= 0.6 is 0 Å². The molecule has 0 bridgehead atoms. The molecule has 1 aromatic rings. The topological polar surface area (TPSA) is 77.1 Å². The molecule has 2 amide bonds. The Labute approximate surface area is 140 Å². The molecule has 24 heavy (non-hydrogen) atoms. The summed E-state index contributed by atoms with van der Waals surface area (Å²) in [5, 5.41) is 2.85. The Bertz CT molecular complexity index is 646. The predicted molar refractivity (Wildman–Crippen MR) is 85.8 cm³/mol. The van der Waals surface area contributed by atoms with Crippen LogP contribution in [0.5, 0.6) is 11.5 Å². The van der Waals surface area contributed by atoms with E-state index in [1.807, 2.05) is 18.2 Å². The highest BCUT2D eigenvalue weighted by atomic mass is 16.7. The Morgan fingerprint density at radius 2 is 2.17 bits per heavy atom. The molecule has 0 spiro atoms. The van der Waals surface area contributed by atoms with Gasteiger partial charge >= 0.3 is 0 Å².